The van der Waals surface area contributed by atoms with Gasteiger partial charge >= 0.3 is 5.97 Å². The van der Waals surface area contributed by atoms with Crippen LogP contribution in [0.4, 0.5) is 5.82 Å². The van der Waals surface area contributed by atoms with Crippen molar-refractivity contribution in [1.82, 2.24) is 15.2 Å². The molecule has 6 nitrogen and oxygen atoms in total. The Morgan fingerprint density at radius 2 is 2.19 bits per heavy atom. The number of carboxylic acid groups (broad SMARTS) is 1. The van der Waals surface area contributed by atoms with E-state index in [0.29, 0.717) is 13.0 Å². The number of hydrogen-bond donors (Lipinski definition) is 2. The first kappa shape index (κ1) is 13.4. The summed E-state index contributed by atoms with van der Waals surface area (Å²) in [5, 5.41) is 24.5. The minimum atomic E-state index is -0.995. The summed E-state index contributed by atoms with van der Waals surface area (Å²) in [7, 11) is 0. The van der Waals surface area contributed by atoms with Crippen LogP contribution in [0.5, 0.6) is 0 Å². The molecule has 0 fully saturated rings. The molecule has 0 unspecified atom stereocenters. The molecule has 2 N–H and O–H groups in total. The number of hydrogen-bond acceptors (Lipinski definition) is 6. The van der Waals surface area contributed by atoms with Crippen molar-refractivity contribution < 1.29 is 9.90 Å². The van der Waals surface area contributed by atoms with Gasteiger partial charge in [-0.2, -0.15) is 5.10 Å². The third-order valence-corrected chi connectivity index (χ3v) is 3.88. The molecule has 0 saturated heterocycles. The van der Waals surface area contributed by atoms with Gasteiger partial charge in [0.1, 0.15) is 0 Å². The van der Waals surface area contributed by atoms with Gasteiger partial charge in [-0.15, -0.1) is 16.4 Å². The van der Waals surface area contributed by atoms with Crippen LogP contribution in [0.3, 0.4) is 0 Å². The zero-order chi connectivity index (χ0) is 14.7. The summed E-state index contributed by atoms with van der Waals surface area (Å²) in [5.41, 5.74) is 0.0972. The van der Waals surface area contributed by atoms with E-state index in [1.807, 2.05) is 24.3 Å². The Labute approximate surface area is 124 Å². The van der Waals surface area contributed by atoms with E-state index in [1.54, 1.807) is 11.6 Å². The number of nitrogens with zero attached hydrogens (tertiary/aromatic N) is 3. The monoisotopic (exact) mass is 300 g/mol. The van der Waals surface area contributed by atoms with Crippen LogP contribution < -0.4 is 5.32 Å². The smallest absolute Gasteiger partial charge is 0.355 e. The second-order valence-electron chi connectivity index (χ2n) is 4.39. The molecule has 3 rings (SSSR count). The van der Waals surface area contributed by atoms with Crippen molar-refractivity contribution in [2.24, 2.45) is 0 Å². The molecule has 106 valence electrons. The first-order valence-electron chi connectivity index (χ1n) is 6.36. The molecule has 0 aliphatic carbocycles. The van der Waals surface area contributed by atoms with E-state index in [1.165, 1.54) is 11.3 Å². The van der Waals surface area contributed by atoms with E-state index in [-0.39, 0.29) is 5.69 Å². The highest BCUT2D eigenvalue weighted by molar-refractivity contribution is 7.09. The highest BCUT2D eigenvalue weighted by Gasteiger charge is 2.08. The van der Waals surface area contributed by atoms with E-state index >= 15 is 0 Å². The highest BCUT2D eigenvalue weighted by atomic mass is 32.1. The van der Waals surface area contributed by atoms with Crippen LogP contribution in [0.15, 0.2) is 35.8 Å². The first-order chi connectivity index (χ1) is 10.2. The zero-order valence-corrected chi connectivity index (χ0v) is 11.8. The molecule has 0 aliphatic rings. The third kappa shape index (κ3) is 2.97. The van der Waals surface area contributed by atoms with Gasteiger partial charge in [-0.25, -0.2) is 9.78 Å². The Balaban J connectivity index is 1.68. The van der Waals surface area contributed by atoms with E-state index in [9.17, 15) is 4.79 Å². The van der Waals surface area contributed by atoms with Crippen LogP contribution in [0.2, 0.25) is 0 Å². The number of benzene rings is 1. The number of carbonyl (C=O) groups is 1. The lowest BCUT2D eigenvalue weighted by Crippen LogP contribution is -2.07. The number of carboxylic acids is 1. The number of rotatable bonds is 5. The van der Waals surface area contributed by atoms with E-state index < -0.39 is 5.97 Å². The van der Waals surface area contributed by atoms with Gasteiger partial charge < -0.3 is 10.4 Å². The molecular formula is C14H12N4O2S. The van der Waals surface area contributed by atoms with Crippen LogP contribution in [0.25, 0.3) is 10.8 Å². The predicted molar refractivity (Wildman–Crippen MR) is 80.8 cm³/mol. The van der Waals surface area contributed by atoms with Gasteiger partial charge in [-0.1, -0.05) is 24.3 Å². The lowest BCUT2D eigenvalue weighted by atomic mass is 10.2. The second-order valence-corrected chi connectivity index (χ2v) is 5.33. The molecule has 0 amide bonds. The van der Waals surface area contributed by atoms with Crippen LogP contribution in [0.1, 0.15) is 15.5 Å². The van der Waals surface area contributed by atoms with Gasteiger partial charge in [0.05, 0.1) is 11.2 Å². The van der Waals surface area contributed by atoms with E-state index in [0.717, 1.165) is 21.6 Å². The quantitative estimate of drug-likeness (QED) is 0.752. The average Bonchev–Trinajstić information content (AvgIpc) is 2.97. The maximum atomic E-state index is 10.8. The van der Waals surface area contributed by atoms with Crippen LogP contribution in [-0.2, 0) is 6.42 Å². The van der Waals surface area contributed by atoms with Crippen LogP contribution in [-0.4, -0.2) is 32.8 Å². The summed E-state index contributed by atoms with van der Waals surface area (Å²) in [6.45, 7) is 0.620. The van der Waals surface area contributed by atoms with Crippen molar-refractivity contribution in [3.63, 3.8) is 0 Å². The largest absolute Gasteiger partial charge is 0.476 e. The molecule has 0 bridgehead atoms. The molecule has 21 heavy (non-hydrogen) atoms. The van der Waals surface area contributed by atoms with Crippen LogP contribution in [0, 0.1) is 0 Å². The van der Waals surface area contributed by atoms with Crippen molar-refractivity contribution in [3.05, 3.63) is 46.5 Å². The standard InChI is InChI=1S/C14H12N4O2S/c19-14(20)11-8-21-12(17-11)5-6-15-13-10-4-2-1-3-9(10)7-16-18-13/h1-4,7-8H,5-6H2,(H,15,18)(H,19,20). The van der Waals surface area contributed by atoms with Crippen molar-refractivity contribution in [1.29, 1.82) is 0 Å². The van der Waals surface area contributed by atoms with E-state index in [4.69, 9.17) is 5.11 Å². The molecule has 7 heteroatoms. The number of fused-ring (bicyclic) bond motifs is 1. The molecular weight excluding hydrogens is 288 g/mol. The molecule has 0 aliphatic heterocycles. The van der Waals surface area contributed by atoms with Gasteiger partial charge in [0, 0.05) is 29.1 Å². The molecule has 2 heterocycles. The summed E-state index contributed by atoms with van der Waals surface area (Å²) in [4.78, 5) is 14.8. The lowest BCUT2D eigenvalue weighted by molar-refractivity contribution is 0.0691. The van der Waals surface area contributed by atoms with Crippen molar-refractivity contribution in [3.8, 4) is 0 Å². The van der Waals surface area contributed by atoms with Gasteiger partial charge in [0.15, 0.2) is 11.5 Å². The second kappa shape index (κ2) is 5.84. The van der Waals surface area contributed by atoms with E-state index in [2.05, 4.69) is 20.5 Å². The molecule has 0 radical (unpaired) electrons. The Kier molecular flexibility index (Phi) is 3.74. The van der Waals surface area contributed by atoms with Gasteiger partial charge in [-0.05, 0) is 0 Å². The molecule has 3 aromatic rings. The summed E-state index contributed by atoms with van der Waals surface area (Å²) >= 11 is 1.35. The Morgan fingerprint density at radius 3 is 3.00 bits per heavy atom. The Hall–Kier alpha value is -2.54. The fourth-order valence-electron chi connectivity index (χ4n) is 1.97. The van der Waals surface area contributed by atoms with Crippen molar-refractivity contribution in [2.45, 2.75) is 6.42 Å². The fraction of sp³-hybridized carbons (Fsp3) is 0.143. The normalized spacial score (nSPS) is 10.7. The topological polar surface area (TPSA) is 88.0 Å². The Morgan fingerprint density at radius 1 is 1.33 bits per heavy atom. The number of aromatic nitrogens is 3. The SMILES string of the molecule is O=C(O)c1csc(CCNc2nncc3ccccc23)n1. The lowest BCUT2D eigenvalue weighted by Gasteiger charge is -2.06. The summed E-state index contributed by atoms with van der Waals surface area (Å²) in [6, 6.07) is 7.87. The number of anilines is 1. The minimum Gasteiger partial charge on any atom is -0.476 e. The van der Waals surface area contributed by atoms with Gasteiger partial charge in [0.2, 0.25) is 0 Å². The molecule has 0 atom stereocenters. The maximum absolute atomic E-state index is 10.8. The first-order valence-corrected chi connectivity index (χ1v) is 7.24. The van der Waals surface area contributed by atoms with Crippen molar-refractivity contribution >= 4 is 33.9 Å². The average molecular weight is 300 g/mol. The predicted octanol–water partition coefficient (Wildman–Crippen LogP) is 2.44. The van der Waals surface area contributed by atoms with Gasteiger partial charge in [0.25, 0.3) is 0 Å². The number of aromatic carboxylic acids is 1. The number of nitrogens with one attached hydrogen (secondary N) is 1. The third-order valence-electron chi connectivity index (χ3n) is 2.97. The molecule has 0 saturated carbocycles. The summed E-state index contributed by atoms with van der Waals surface area (Å²) in [6.07, 6.45) is 2.36. The maximum Gasteiger partial charge on any atom is 0.355 e. The molecule has 0 spiro atoms. The minimum absolute atomic E-state index is 0.0972. The molecule has 2 aromatic heterocycles. The number of thiazole rings is 1. The summed E-state index contributed by atoms with van der Waals surface area (Å²) < 4.78 is 0. The highest BCUT2D eigenvalue weighted by Crippen LogP contribution is 2.19. The van der Waals surface area contributed by atoms with Crippen molar-refractivity contribution in [2.75, 3.05) is 11.9 Å². The summed E-state index contributed by atoms with van der Waals surface area (Å²) in [5.74, 6) is -0.270. The molecule has 1 aromatic carbocycles. The van der Waals surface area contributed by atoms with Gasteiger partial charge in [-0.3, -0.25) is 0 Å². The fourth-order valence-corrected chi connectivity index (χ4v) is 2.74. The zero-order valence-electron chi connectivity index (χ0n) is 11.0. The van der Waals surface area contributed by atoms with Crippen LogP contribution >= 0.6 is 11.3 Å². The Bertz CT molecular complexity index is 782.